The van der Waals surface area contributed by atoms with Crippen LogP contribution in [0.15, 0.2) is 0 Å². The molecule has 3 aliphatic heterocycles. The van der Waals surface area contributed by atoms with Crippen LogP contribution >= 0.6 is 0 Å². The normalized spacial score (nSPS) is 40.2. The van der Waals surface area contributed by atoms with Gasteiger partial charge in [0.25, 0.3) is 0 Å². The van der Waals surface area contributed by atoms with Crippen LogP contribution in [0.4, 0.5) is 0 Å². The fourth-order valence-corrected chi connectivity index (χ4v) is 4.03. The number of hydrogen-bond acceptors (Lipinski definition) is 3. The van der Waals surface area contributed by atoms with Crippen LogP contribution in [0, 0.1) is 0 Å². The Labute approximate surface area is 111 Å². The zero-order valence-corrected chi connectivity index (χ0v) is 11.9. The fourth-order valence-electron chi connectivity index (χ4n) is 4.03. The molecule has 3 rings (SSSR count). The summed E-state index contributed by atoms with van der Waals surface area (Å²) in [7, 11) is 0. The molecule has 0 aromatic carbocycles. The molecule has 0 aliphatic carbocycles. The maximum atomic E-state index is 5.76. The molecule has 104 valence electrons. The van der Waals surface area contributed by atoms with E-state index in [4.69, 9.17) is 4.74 Å². The van der Waals surface area contributed by atoms with Crippen molar-refractivity contribution in [2.75, 3.05) is 39.4 Å². The van der Waals surface area contributed by atoms with Gasteiger partial charge >= 0.3 is 0 Å². The Morgan fingerprint density at radius 3 is 2.78 bits per heavy atom. The molecule has 0 amide bonds. The average Bonchev–Trinajstić information content (AvgIpc) is 2.62. The van der Waals surface area contributed by atoms with E-state index in [1.165, 1.54) is 64.7 Å². The van der Waals surface area contributed by atoms with Crippen LogP contribution in [-0.2, 0) is 4.74 Å². The lowest BCUT2D eigenvalue weighted by Gasteiger charge is -2.45. The van der Waals surface area contributed by atoms with Gasteiger partial charge in [0.2, 0.25) is 0 Å². The van der Waals surface area contributed by atoms with Crippen molar-refractivity contribution in [3.8, 4) is 0 Å². The van der Waals surface area contributed by atoms with Crippen LogP contribution in [0.1, 0.15) is 45.4 Å². The van der Waals surface area contributed by atoms with E-state index >= 15 is 0 Å². The van der Waals surface area contributed by atoms with Crippen molar-refractivity contribution in [2.45, 2.75) is 57.0 Å². The molecular weight excluding hydrogens is 224 g/mol. The van der Waals surface area contributed by atoms with Crippen molar-refractivity contribution in [1.29, 1.82) is 0 Å². The third-order valence-electron chi connectivity index (χ3n) is 5.23. The monoisotopic (exact) mass is 252 g/mol. The van der Waals surface area contributed by atoms with Gasteiger partial charge in [0.15, 0.2) is 0 Å². The Morgan fingerprint density at radius 2 is 1.94 bits per heavy atom. The molecule has 3 saturated heterocycles. The van der Waals surface area contributed by atoms with Crippen LogP contribution in [0.3, 0.4) is 0 Å². The Balaban J connectivity index is 1.68. The molecule has 0 radical (unpaired) electrons. The molecule has 0 N–H and O–H groups in total. The predicted molar refractivity (Wildman–Crippen MR) is 73.9 cm³/mol. The van der Waals surface area contributed by atoms with Crippen LogP contribution < -0.4 is 0 Å². The van der Waals surface area contributed by atoms with Crippen molar-refractivity contribution in [3.05, 3.63) is 0 Å². The standard InChI is InChI=1S/C15H28N2O/c1-15(7-4-11-18-13-15)17-10-5-9-16-8-3-2-6-14(16)12-17/h14H,2-13H2,1H3. The molecule has 0 bridgehead atoms. The summed E-state index contributed by atoms with van der Waals surface area (Å²) in [5, 5.41) is 0. The van der Waals surface area contributed by atoms with Gasteiger partial charge in [-0.05, 0) is 52.1 Å². The Morgan fingerprint density at radius 1 is 1.06 bits per heavy atom. The van der Waals surface area contributed by atoms with E-state index < -0.39 is 0 Å². The van der Waals surface area contributed by atoms with Gasteiger partial charge in [-0.1, -0.05) is 6.42 Å². The number of ether oxygens (including phenoxy) is 1. The summed E-state index contributed by atoms with van der Waals surface area (Å²) in [5.41, 5.74) is 0.311. The molecule has 0 saturated carbocycles. The quantitative estimate of drug-likeness (QED) is 0.711. The van der Waals surface area contributed by atoms with Crippen molar-refractivity contribution in [2.24, 2.45) is 0 Å². The summed E-state index contributed by atoms with van der Waals surface area (Å²) >= 11 is 0. The van der Waals surface area contributed by atoms with Gasteiger partial charge in [-0.3, -0.25) is 9.80 Å². The maximum absolute atomic E-state index is 5.76. The number of rotatable bonds is 1. The summed E-state index contributed by atoms with van der Waals surface area (Å²) in [6, 6.07) is 0.819. The van der Waals surface area contributed by atoms with Gasteiger partial charge < -0.3 is 4.74 Å². The second-order valence-corrected chi connectivity index (χ2v) is 6.64. The van der Waals surface area contributed by atoms with E-state index in [-0.39, 0.29) is 0 Å². The predicted octanol–water partition coefficient (Wildman–Crippen LogP) is 2.12. The van der Waals surface area contributed by atoms with Gasteiger partial charge in [0, 0.05) is 31.3 Å². The highest BCUT2D eigenvalue weighted by atomic mass is 16.5. The van der Waals surface area contributed by atoms with E-state index in [1.807, 2.05) is 0 Å². The first kappa shape index (κ1) is 12.9. The van der Waals surface area contributed by atoms with Gasteiger partial charge in [-0.25, -0.2) is 0 Å². The number of piperidine rings is 1. The summed E-state index contributed by atoms with van der Waals surface area (Å²) in [6.45, 7) is 9.54. The maximum Gasteiger partial charge on any atom is 0.0647 e. The largest absolute Gasteiger partial charge is 0.380 e. The van der Waals surface area contributed by atoms with E-state index in [9.17, 15) is 0 Å². The van der Waals surface area contributed by atoms with Crippen LogP contribution in [-0.4, -0.2) is 60.8 Å². The van der Waals surface area contributed by atoms with Crippen molar-refractivity contribution < 1.29 is 4.74 Å². The number of nitrogens with zero attached hydrogens (tertiary/aromatic N) is 2. The minimum Gasteiger partial charge on any atom is -0.380 e. The van der Waals surface area contributed by atoms with E-state index in [0.717, 1.165) is 19.3 Å². The molecule has 0 aromatic heterocycles. The molecule has 2 atom stereocenters. The first-order valence-corrected chi connectivity index (χ1v) is 7.85. The highest BCUT2D eigenvalue weighted by molar-refractivity contribution is 4.93. The third-order valence-corrected chi connectivity index (χ3v) is 5.23. The van der Waals surface area contributed by atoms with Gasteiger partial charge in [-0.15, -0.1) is 0 Å². The van der Waals surface area contributed by atoms with Gasteiger partial charge in [0.05, 0.1) is 6.61 Å². The lowest BCUT2D eigenvalue weighted by atomic mass is 9.91. The second-order valence-electron chi connectivity index (χ2n) is 6.64. The van der Waals surface area contributed by atoms with Gasteiger partial charge in [-0.2, -0.15) is 0 Å². The zero-order chi connectivity index (χ0) is 12.4. The molecular formula is C15H28N2O. The molecule has 2 unspecified atom stereocenters. The molecule has 0 aromatic rings. The molecule has 3 aliphatic rings. The van der Waals surface area contributed by atoms with E-state index in [2.05, 4.69) is 16.7 Å². The summed E-state index contributed by atoms with van der Waals surface area (Å²) in [5.74, 6) is 0. The highest BCUT2D eigenvalue weighted by Gasteiger charge is 2.37. The molecule has 0 spiro atoms. The molecule has 3 heteroatoms. The van der Waals surface area contributed by atoms with E-state index in [0.29, 0.717) is 5.54 Å². The third kappa shape index (κ3) is 2.59. The van der Waals surface area contributed by atoms with Crippen molar-refractivity contribution in [1.82, 2.24) is 9.80 Å². The number of hydrogen-bond donors (Lipinski definition) is 0. The van der Waals surface area contributed by atoms with Crippen LogP contribution in [0.25, 0.3) is 0 Å². The summed E-state index contributed by atoms with van der Waals surface area (Å²) in [4.78, 5) is 5.50. The molecule has 18 heavy (non-hydrogen) atoms. The summed E-state index contributed by atoms with van der Waals surface area (Å²) in [6.07, 6.45) is 8.15. The zero-order valence-electron chi connectivity index (χ0n) is 11.9. The molecule has 3 heterocycles. The van der Waals surface area contributed by atoms with E-state index in [1.54, 1.807) is 0 Å². The van der Waals surface area contributed by atoms with Crippen LogP contribution in [0.5, 0.6) is 0 Å². The first-order chi connectivity index (χ1) is 8.78. The average molecular weight is 252 g/mol. The Bertz CT molecular complexity index is 276. The van der Waals surface area contributed by atoms with Crippen molar-refractivity contribution >= 4 is 0 Å². The fraction of sp³-hybridized carbons (Fsp3) is 1.00. The Kier molecular flexibility index (Phi) is 3.92. The van der Waals surface area contributed by atoms with Crippen molar-refractivity contribution in [3.63, 3.8) is 0 Å². The first-order valence-electron chi connectivity index (χ1n) is 7.85. The lowest BCUT2D eigenvalue weighted by molar-refractivity contribution is -0.0440. The second kappa shape index (κ2) is 5.48. The van der Waals surface area contributed by atoms with Gasteiger partial charge in [0.1, 0.15) is 0 Å². The molecule has 3 nitrogen and oxygen atoms in total. The lowest BCUT2D eigenvalue weighted by Crippen LogP contribution is -2.55. The highest BCUT2D eigenvalue weighted by Crippen LogP contribution is 2.30. The minimum absolute atomic E-state index is 0.311. The smallest absolute Gasteiger partial charge is 0.0647 e. The summed E-state index contributed by atoms with van der Waals surface area (Å²) < 4.78 is 5.76. The number of fused-ring (bicyclic) bond motifs is 1. The topological polar surface area (TPSA) is 15.7 Å². The van der Waals surface area contributed by atoms with Crippen LogP contribution in [0.2, 0.25) is 0 Å². The minimum atomic E-state index is 0.311. The Hall–Kier alpha value is -0.120. The molecule has 3 fully saturated rings. The SMILES string of the molecule is CC1(N2CCCN3CCCCC3C2)CCCOC1.